The molecule has 1 rings (SSSR count). The smallest absolute Gasteiger partial charge is 0.00799 e. The lowest BCUT2D eigenvalue weighted by molar-refractivity contribution is 0.292. The molecule has 1 N–H and O–H groups in total. The molecule has 0 amide bonds. The van der Waals surface area contributed by atoms with E-state index in [1.165, 1.54) is 38.9 Å². The summed E-state index contributed by atoms with van der Waals surface area (Å²) in [6.45, 7) is 14.1. The van der Waals surface area contributed by atoms with Gasteiger partial charge in [0.1, 0.15) is 0 Å². The van der Waals surface area contributed by atoms with E-state index in [1.807, 2.05) is 0 Å². The van der Waals surface area contributed by atoms with Crippen molar-refractivity contribution >= 4 is 0 Å². The zero-order chi connectivity index (χ0) is 11.3. The highest BCUT2D eigenvalue weighted by Crippen LogP contribution is 2.15. The van der Waals surface area contributed by atoms with E-state index < -0.39 is 0 Å². The molecule has 0 saturated carbocycles. The summed E-state index contributed by atoms with van der Waals surface area (Å²) in [5.74, 6) is 0. The third-order valence-corrected chi connectivity index (χ3v) is 3.19. The predicted molar refractivity (Wildman–Crippen MR) is 67.2 cm³/mol. The maximum Gasteiger partial charge on any atom is 0.00799 e. The molecular formula is C13H28N2. The van der Waals surface area contributed by atoms with Crippen LogP contribution >= 0.6 is 0 Å². The zero-order valence-electron chi connectivity index (χ0n) is 11.0. The maximum absolute atomic E-state index is 3.72. The van der Waals surface area contributed by atoms with Gasteiger partial charge in [-0.05, 0) is 44.3 Å². The number of nitrogens with zero attached hydrogens (tertiary/aromatic N) is 1. The number of hydrogen-bond donors (Lipinski definition) is 1. The molecule has 1 heterocycles. The second-order valence-corrected chi connectivity index (χ2v) is 6.00. The lowest BCUT2D eigenvalue weighted by atomic mass is 9.96. The van der Waals surface area contributed by atoms with Crippen LogP contribution in [-0.2, 0) is 0 Å². The molecule has 0 spiro atoms. The summed E-state index contributed by atoms with van der Waals surface area (Å²) in [7, 11) is 0. The number of likely N-dealkylation sites (tertiary alicyclic amines) is 1. The van der Waals surface area contributed by atoms with Gasteiger partial charge in [0.05, 0.1) is 0 Å². The van der Waals surface area contributed by atoms with Crippen molar-refractivity contribution < 1.29 is 0 Å². The van der Waals surface area contributed by atoms with Crippen LogP contribution in [0.1, 0.15) is 47.0 Å². The predicted octanol–water partition coefficient (Wildman–Crippen LogP) is 2.50. The fourth-order valence-electron chi connectivity index (χ4n) is 2.13. The van der Waals surface area contributed by atoms with E-state index in [-0.39, 0.29) is 0 Å². The molecule has 1 aliphatic rings. The SMILES string of the molecule is CCN1CCCC(NCC(C)(C)C)CC1. The van der Waals surface area contributed by atoms with Gasteiger partial charge in [0.25, 0.3) is 0 Å². The molecule has 0 bridgehead atoms. The Morgan fingerprint density at radius 3 is 2.53 bits per heavy atom. The molecule has 0 aliphatic carbocycles. The molecule has 1 aliphatic heterocycles. The largest absolute Gasteiger partial charge is 0.313 e. The van der Waals surface area contributed by atoms with Crippen molar-refractivity contribution in [1.29, 1.82) is 0 Å². The van der Waals surface area contributed by atoms with Crippen LogP contribution < -0.4 is 5.32 Å². The van der Waals surface area contributed by atoms with Crippen LogP contribution in [0.3, 0.4) is 0 Å². The van der Waals surface area contributed by atoms with Gasteiger partial charge in [-0.15, -0.1) is 0 Å². The lowest BCUT2D eigenvalue weighted by Gasteiger charge is -2.24. The van der Waals surface area contributed by atoms with Crippen LogP contribution in [0.2, 0.25) is 0 Å². The highest BCUT2D eigenvalue weighted by Gasteiger charge is 2.17. The second-order valence-electron chi connectivity index (χ2n) is 6.00. The maximum atomic E-state index is 3.72. The first kappa shape index (κ1) is 13.0. The summed E-state index contributed by atoms with van der Waals surface area (Å²) >= 11 is 0. The fourth-order valence-corrected chi connectivity index (χ4v) is 2.13. The Balaban J connectivity index is 2.25. The van der Waals surface area contributed by atoms with Crippen molar-refractivity contribution in [1.82, 2.24) is 10.2 Å². The van der Waals surface area contributed by atoms with Crippen LogP contribution in [0, 0.1) is 5.41 Å². The molecule has 1 fully saturated rings. The third kappa shape index (κ3) is 5.53. The molecule has 0 aromatic carbocycles. The molecule has 2 nitrogen and oxygen atoms in total. The average Bonchev–Trinajstić information content (AvgIpc) is 2.38. The number of hydrogen-bond acceptors (Lipinski definition) is 2. The van der Waals surface area contributed by atoms with Crippen molar-refractivity contribution in [2.45, 2.75) is 53.0 Å². The summed E-state index contributed by atoms with van der Waals surface area (Å²) in [5.41, 5.74) is 0.413. The van der Waals surface area contributed by atoms with Crippen molar-refractivity contribution in [3.8, 4) is 0 Å². The molecule has 0 aromatic heterocycles. The molecule has 0 radical (unpaired) electrons. The average molecular weight is 212 g/mol. The highest BCUT2D eigenvalue weighted by molar-refractivity contribution is 4.76. The Morgan fingerprint density at radius 2 is 1.93 bits per heavy atom. The summed E-state index contributed by atoms with van der Waals surface area (Å²) in [6.07, 6.45) is 4.03. The molecule has 1 atom stereocenters. The number of rotatable bonds is 3. The van der Waals surface area contributed by atoms with Crippen LogP contribution in [0.15, 0.2) is 0 Å². The number of nitrogens with one attached hydrogen (secondary N) is 1. The highest BCUT2D eigenvalue weighted by atomic mass is 15.1. The fraction of sp³-hybridized carbons (Fsp3) is 1.00. The Hall–Kier alpha value is -0.0800. The summed E-state index contributed by atoms with van der Waals surface area (Å²) in [6, 6.07) is 0.751. The monoisotopic (exact) mass is 212 g/mol. The summed E-state index contributed by atoms with van der Waals surface area (Å²) in [5, 5.41) is 3.72. The van der Waals surface area contributed by atoms with Gasteiger partial charge in [-0.2, -0.15) is 0 Å². The van der Waals surface area contributed by atoms with E-state index in [2.05, 4.69) is 37.9 Å². The van der Waals surface area contributed by atoms with Gasteiger partial charge >= 0.3 is 0 Å². The lowest BCUT2D eigenvalue weighted by Crippen LogP contribution is -2.36. The van der Waals surface area contributed by atoms with E-state index in [4.69, 9.17) is 0 Å². The van der Waals surface area contributed by atoms with Gasteiger partial charge in [-0.25, -0.2) is 0 Å². The first-order chi connectivity index (χ1) is 7.01. The first-order valence-electron chi connectivity index (χ1n) is 6.47. The molecular weight excluding hydrogens is 184 g/mol. The van der Waals surface area contributed by atoms with E-state index in [0.29, 0.717) is 5.41 Å². The van der Waals surface area contributed by atoms with Gasteiger partial charge in [-0.3, -0.25) is 0 Å². The van der Waals surface area contributed by atoms with Gasteiger partial charge in [0, 0.05) is 12.6 Å². The Morgan fingerprint density at radius 1 is 1.20 bits per heavy atom. The summed E-state index contributed by atoms with van der Waals surface area (Å²) < 4.78 is 0. The standard InChI is InChI=1S/C13H28N2/c1-5-15-9-6-7-12(8-10-15)14-11-13(2,3)4/h12,14H,5-11H2,1-4H3. The van der Waals surface area contributed by atoms with E-state index in [1.54, 1.807) is 0 Å². The Labute approximate surface area is 95.4 Å². The molecule has 2 heteroatoms. The normalized spacial score (nSPS) is 25.2. The topological polar surface area (TPSA) is 15.3 Å². The van der Waals surface area contributed by atoms with Gasteiger partial charge in [0.2, 0.25) is 0 Å². The van der Waals surface area contributed by atoms with E-state index in [9.17, 15) is 0 Å². The second kappa shape index (κ2) is 5.86. The minimum atomic E-state index is 0.413. The minimum Gasteiger partial charge on any atom is -0.313 e. The third-order valence-electron chi connectivity index (χ3n) is 3.19. The van der Waals surface area contributed by atoms with E-state index >= 15 is 0 Å². The van der Waals surface area contributed by atoms with E-state index in [0.717, 1.165) is 12.6 Å². The van der Waals surface area contributed by atoms with Gasteiger partial charge in [0.15, 0.2) is 0 Å². The molecule has 1 unspecified atom stereocenters. The van der Waals surface area contributed by atoms with Gasteiger partial charge in [-0.1, -0.05) is 27.7 Å². The molecule has 1 saturated heterocycles. The molecule has 90 valence electrons. The van der Waals surface area contributed by atoms with Crippen LogP contribution in [0.5, 0.6) is 0 Å². The van der Waals surface area contributed by atoms with Crippen molar-refractivity contribution in [3.05, 3.63) is 0 Å². The van der Waals surface area contributed by atoms with Crippen LogP contribution in [0.4, 0.5) is 0 Å². The first-order valence-corrected chi connectivity index (χ1v) is 6.47. The van der Waals surface area contributed by atoms with Crippen molar-refractivity contribution in [3.63, 3.8) is 0 Å². The van der Waals surface area contributed by atoms with Crippen LogP contribution in [-0.4, -0.2) is 37.1 Å². The quantitative estimate of drug-likeness (QED) is 0.773. The summed E-state index contributed by atoms with van der Waals surface area (Å²) in [4.78, 5) is 2.57. The van der Waals surface area contributed by atoms with Gasteiger partial charge < -0.3 is 10.2 Å². The Bertz CT molecular complexity index is 172. The van der Waals surface area contributed by atoms with Crippen LogP contribution in [0.25, 0.3) is 0 Å². The molecule has 15 heavy (non-hydrogen) atoms. The molecule has 0 aromatic rings. The van der Waals surface area contributed by atoms with Crippen molar-refractivity contribution in [2.24, 2.45) is 5.41 Å². The zero-order valence-corrected chi connectivity index (χ0v) is 11.0. The minimum absolute atomic E-state index is 0.413. The van der Waals surface area contributed by atoms with Crippen molar-refractivity contribution in [2.75, 3.05) is 26.2 Å². The Kier molecular flexibility index (Phi) is 5.07.